The maximum absolute atomic E-state index is 12.6. The maximum Gasteiger partial charge on any atom is 0.277 e. The summed E-state index contributed by atoms with van der Waals surface area (Å²) in [5, 5.41) is 11.7. The van der Waals surface area contributed by atoms with Gasteiger partial charge in [-0.1, -0.05) is 25.6 Å². The first kappa shape index (κ1) is 23.9. The molecule has 12 heteroatoms. The number of nitrogens with zero attached hydrogens (tertiary/aromatic N) is 4. The third kappa shape index (κ3) is 5.45. The van der Waals surface area contributed by atoms with Crippen molar-refractivity contribution >= 4 is 44.2 Å². The normalized spacial score (nSPS) is 13.8. The van der Waals surface area contributed by atoms with E-state index in [1.807, 2.05) is 0 Å². The highest BCUT2D eigenvalue weighted by molar-refractivity contribution is 7.99. The first-order valence-electron chi connectivity index (χ1n) is 10.8. The highest BCUT2D eigenvalue weighted by Crippen LogP contribution is 2.30. The number of thiazole rings is 1. The first-order valence-corrected chi connectivity index (χ1v) is 14.0. The molecule has 2 aromatic heterocycles. The number of thioether (sulfide) groups is 1. The van der Waals surface area contributed by atoms with Crippen LogP contribution in [0.25, 0.3) is 11.5 Å². The van der Waals surface area contributed by atoms with Gasteiger partial charge in [-0.15, -0.1) is 21.5 Å². The van der Waals surface area contributed by atoms with Crippen LogP contribution in [0.3, 0.4) is 0 Å². The van der Waals surface area contributed by atoms with Gasteiger partial charge in [0, 0.05) is 23.5 Å². The number of carbonyl (C=O) groups is 1. The molecule has 0 aliphatic heterocycles. The largest absolute Gasteiger partial charge is 0.411 e. The van der Waals surface area contributed by atoms with Gasteiger partial charge in [-0.05, 0) is 49.9 Å². The molecule has 9 nitrogen and oxygen atoms in total. The summed E-state index contributed by atoms with van der Waals surface area (Å²) in [5.74, 6) is 0.196. The van der Waals surface area contributed by atoms with Gasteiger partial charge in [0.25, 0.3) is 5.22 Å². The molecular weight excluding hydrogens is 482 g/mol. The van der Waals surface area contributed by atoms with Crippen molar-refractivity contribution in [2.45, 2.75) is 49.6 Å². The van der Waals surface area contributed by atoms with Gasteiger partial charge in [0.15, 0.2) is 5.13 Å². The van der Waals surface area contributed by atoms with Crippen molar-refractivity contribution in [3.05, 3.63) is 34.8 Å². The molecule has 1 aromatic carbocycles. The Labute approximate surface area is 201 Å². The Morgan fingerprint density at radius 2 is 1.88 bits per heavy atom. The number of hydrogen-bond donors (Lipinski definition) is 1. The minimum Gasteiger partial charge on any atom is -0.411 e. The van der Waals surface area contributed by atoms with Crippen LogP contribution in [0.15, 0.2) is 38.8 Å². The highest BCUT2D eigenvalue weighted by Gasteiger charge is 2.22. The zero-order valence-corrected chi connectivity index (χ0v) is 20.9. The number of nitrogens with one attached hydrogen (secondary N) is 1. The van der Waals surface area contributed by atoms with Gasteiger partial charge in [-0.3, -0.25) is 4.79 Å². The molecule has 0 fully saturated rings. The Morgan fingerprint density at radius 3 is 2.58 bits per heavy atom. The van der Waals surface area contributed by atoms with Gasteiger partial charge in [0.1, 0.15) is 0 Å². The summed E-state index contributed by atoms with van der Waals surface area (Å²) in [5.41, 5.74) is 1.71. The molecule has 0 radical (unpaired) electrons. The van der Waals surface area contributed by atoms with Crippen LogP contribution in [0, 0.1) is 0 Å². The quantitative estimate of drug-likeness (QED) is 0.434. The number of carbonyl (C=O) groups excluding carboxylic acids is 1. The van der Waals surface area contributed by atoms with Crippen LogP contribution >= 0.6 is 23.1 Å². The minimum atomic E-state index is -3.53. The van der Waals surface area contributed by atoms with Gasteiger partial charge in [0.2, 0.25) is 21.8 Å². The highest BCUT2D eigenvalue weighted by atomic mass is 32.2. The number of sulfonamides is 1. The smallest absolute Gasteiger partial charge is 0.277 e. The van der Waals surface area contributed by atoms with E-state index in [4.69, 9.17) is 4.42 Å². The average Bonchev–Trinajstić information content (AvgIpc) is 3.45. The molecule has 1 amide bonds. The van der Waals surface area contributed by atoms with E-state index in [-0.39, 0.29) is 27.7 Å². The van der Waals surface area contributed by atoms with Crippen molar-refractivity contribution < 1.29 is 17.6 Å². The van der Waals surface area contributed by atoms with Gasteiger partial charge < -0.3 is 9.73 Å². The molecule has 0 bridgehead atoms. The topological polar surface area (TPSA) is 118 Å². The van der Waals surface area contributed by atoms with Crippen LogP contribution in [0.4, 0.5) is 5.13 Å². The van der Waals surface area contributed by atoms with Crippen LogP contribution < -0.4 is 5.32 Å². The van der Waals surface area contributed by atoms with E-state index in [0.29, 0.717) is 23.8 Å². The molecule has 33 heavy (non-hydrogen) atoms. The van der Waals surface area contributed by atoms with Gasteiger partial charge >= 0.3 is 0 Å². The number of fused-ring (bicyclic) bond motifs is 1. The maximum atomic E-state index is 12.6. The van der Waals surface area contributed by atoms with E-state index in [1.54, 1.807) is 37.3 Å². The van der Waals surface area contributed by atoms with E-state index in [2.05, 4.69) is 20.5 Å². The molecule has 0 spiro atoms. The molecule has 0 saturated carbocycles. The van der Waals surface area contributed by atoms with Gasteiger partial charge in [0.05, 0.1) is 16.3 Å². The van der Waals surface area contributed by atoms with E-state index in [0.717, 1.165) is 36.7 Å². The summed E-state index contributed by atoms with van der Waals surface area (Å²) < 4.78 is 32.3. The fourth-order valence-electron chi connectivity index (χ4n) is 3.55. The molecule has 1 aliphatic carbocycles. The van der Waals surface area contributed by atoms with Crippen LogP contribution in [0.5, 0.6) is 0 Å². The lowest BCUT2D eigenvalue weighted by molar-refractivity contribution is -0.113. The predicted octanol–water partition coefficient (Wildman–Crippen LogP) is 3.83. The van der Waals surface area contributed by atoms with Crippen LogP contribution in [0.1, 0.15) is 37.3 Å². The second-order valence-electron chi connectivity index (χ2n) is 7.42. The summed E-state index contributed by atoms with van der Waals surface area (Å²) in [6, 6.07) is 6.33. The molecule has 4 rings (SSSR count). The Kier molecular flexibility index (Phi) is 7.47. The van der Waals surface area contributed by atoms with Crippen molar-refractivity contribution in [1.29, 1.82) is 0 Å². The Morgan fingerprint density at radius 1 is 1.15 bits per heavy atom. The summed E-state index contributed by atoms with van der Waals surface area (Å²) in [7, 11) is -3.53. The van der Waals surface area contributed by atoms with Crippen molar-refractivity contribution in [3.8, 4) is 11.5 Å². The van der Waals surface area contributed by atoms with Gasteiger partial charge in [-0.2, -0.15) is 4.31 Å². The number of rotatable bonds is 9. The second-order valence-corrected chi connectivity index (χ2v) is 11.4. The lowest BCUT2D eigenvalue weighted by Crippen LogP contribution is -2.30. The monoisotopic (exact) mass is 507 g/mol. The molecule has 0 saturated heterocycles. The average molecular weight is 508 g/mol. The second kappa shape index (κ2) is 10.3. The summed E-state index contributed by atoms with van der Waals surface area (Å²) >= 11 is 2.68. The lowest BCUT2D eigenvalue weighted by Gasteiger charge is -2.18. The van der Waals surface area contributed by atoms with E-state index >= 15 is 0 Å². The molecular formula is C21H25N5O4S3. The van der Waals surface area contributed by atoms with Crippen molar-refractivity contribution in [1.82, 2.24) is 19.5 Å². The molecule has 1 N–H and O–H groups in total. The van der Waals surface area contributed by atoms with E-state index < -0.39 is 10.0 Å². The number of anilines is 1. The number of aromatic nitrogens is 3. The molecule has 0 atom stereocenters. The zero-order chi connectivity index (χ0) is 23.4. The first-order chi connectivity index (χ1) is 15.9. The van der Waals surface area contributed by atoms with Crippen LogP contribution in [0.2, 0.25) is 0 Å². The SMILES string of the molecule is CCN(CC)S(=O)(=O)c1ccc(-c2nnc(SCC(=O)Nc3nc4c(s3)CCCC4)o2)cc1. The fraction of sp³-hybridized carbons (Fsp3) is 0.429. The third-order valence-electron chi connectivity index (χ3n) is 5.27. The Hall–Kier alpha value is -2.28. The van der Waals surface area contributed by atoms with Crippen molar-refractivity contribution in [3.63, 3.8) is 0 Å². The van der Waals surface area contributed by atoms with Gasteiger partial charge in [-0.25, -0.2) is 13.4 Å². The molecule has 0 unspecified atom stereocenters. The molecule has 176 valence electrons. The standard InChI is InChI=1S/C21H25N5O4S3/c1-3-26(4-2)33(28,29)15-11-9-14(10-12-15)19-24-25-21(30-19)31-13-18(27)23-20-22-16-7-5-6-8-17(16)32-20/h9-12H,3-8,13H2,1-2H3,(H,22,23,27). The predicted molar refractivity (Wildman–Crippen MR) is 128 cm³/mol. The van der Waals surface area contributed by atoms with Crippen LogP contribution in [-0.2, 0) is 27.7 Å². The number of benzene rings is 1. The minimum absolute atomic E-state index is 0.118. The lowest BCUT2D eigenvalue weighted by atomic mass is 10.0. The number of aryl methyl sites for hydroxylation is 2. The van der Waals surface area contributed by atoms with Crippen molar-refractivity contribution in [2.75, 3.05) is 24.2 Å². The van der Waals surface area contributed by atoms with E-state index in [1.165, 1.54) is 27.7 Å². The van der Waals surface area contributed by atoms with Crippen molar-refractivity contribution in [2.24, 2.45) is 0 Å². The van der Waals surface area contributed by atoms with Crippen LogP contribution in [-0.4, -0.2) is 52.7 Å². The zero-order valence-electron chi connectivity index (χ0n) is 18.4. The summed E-state index contributed by atoms with van der Waals surface area (Å²) in [6.45, 7) is 4.42. The summed E-state index contributed by atoms with van der Waals surface area (Å²) in [6.07, 6.45) is 4.33. The number of hydrogen-bond acceptors (Lipinski definition) is 9. The Bertz CT molecular complexity index is 1190. The Balaban J connectivity index is 1.35. The third-order valence-corrected chi connectivity index (χ3v) is 9.23. The van der Waals surface area contributed by atoms with E-state index in [9.17, 15) is 13.2 Å². The fourth-order valence-corrected chi connectivity index (χ4v) is 6.64. The number of amides is 1. The molecule has 2 heterocycles. The summed E-state index contributed by atoms with van der Waals surface area (Å²) in [4.78, 5) is 18.3. The molecule has 3 aromatic rings. The molecule has 1 aliphatic rings.